The SMILES string of the molecule is Cc1nsc(SCC(=O)Nc2ccc(N)cc2)n1. The fourth-order valence-electron chi connectivity index (χ4n) is 1.23. The molecule has 5 nitrogen and oxygen atoms in total. The number of hydrogen-bond acceptors (Lipinski definition) is 6. The topological polar surface area (TPSA) is 80.9 Å². The molecule has 1 amide bonds. The Balaban J connectivity index is 1.83. The highest BCUT2D eigenvalue weighted by molar-refractivity contribution is 8.01. The first-order chi connectivity index (χ1) is 8.63. The van der Waals surface area contributed by atoms with Crippen LogP contribution in [0.5, 0.6) is 0 Å². The van der Waals surface area contributed by atoms with Crippen LogP contribution in [-0.4, -0.2) is 21.0 Å². The van der Waals surface area contributed by atoms with Crippen molar-refractivity contribution in [3.63, 3.8) is 0 Å². The highest BCUT2D eigenvalue weighted by Gasteiger charge is 2.06. The van der Waals surface area contributed by atoms with Gasteiger partial charge in [-0.25, -0.2) is 4.98 Å². The summed E-state index contributed by atoms with van der Waals surface area (Å²) in [5, 5.41) is 2.79. The molecule has 0 radical (unpaired) electrons. The Hall–Kier alpha value is -1.60. The lowest BCUT2D eigenvalue weighted by Crippen LogP contribution is -2.13. The molecular weight excluding hydrogens is 268 g/mol. The first-order valence-corrected chi connectivity index (χ1v) is 6.98. The van der Waals surface area contributed by atoms with E-state index in [1.54, 1.807) is 24.3 Å². The molecule has 1 aromatic heterocycles. The first-order valence-electron chi connectivity index (χ1n) is 5.22. The van der Waals surface area contributed by atoms with Crippen LogP contribution in [0.1, 0.15) is 5.82 Å². The average molecular weight is 280 g/mol. The summed E-state index contributed by atoms with van der Waals surface area (Å²) in [6, 6.07) is 7.04. The van der Waals surface area contributed by atoms with Crippen molar-refractivity contribution >= 4 is 40.6 Å². The molecule has 0 unspecified atom stereocenters. The Morgan fingerprint density at radius 2 is 2.17 bits per heavy atom. The number of nitrogens with two attached hydrogens (primary N) is 1. The molecule has 0 atom stereocenters. The predicted octanol–water partition coefficient (Wildman–Crippen LogP) is 2.16. The van der Waals surface area contributed by atoms with E-state index in [0.29, 0.717) is 11.4 Å². The minimum Gasteiger partial charge on any atom is -0.399 e. The Bertz CT molecular complexity index is 538. The molecule has 1 heterocycles. The monoisotopic (exact) mass is 280 g/mol. The molecule has 94 valence electrons. The molecule has 0 aliphatic rings. The molecule has 2 rings (SSSR count). The minimum absolute atomic E-state index is 0.0716. The van der Waals surface area contributed by atoms with Gasteiger partial charge in [0, 0.05) is 11.4 Å². The molecule has 18 heavy (non-hydrogen) atoms. The smallest absolute Gasteiger partial charge is 0.234 e. The highest BCUT2D eigenvalue weighted by Crippen LogP contribution is 2.20. The third-order valence-electron chi connectivity index (χ3n) is 2.03. The molecule has 2 aromatic rings. The van der Waals surface area contributed by atoms with Crippen LogP contribution in [0.25, 0.3) is 0 Å². The number of anilines is 2. The lowest BCUT2D eigenvalue weighted by Gasteiger charge is -2.04. The van der Waals surface area contributed by atoms with E-state index in [9.17, 15) is 4.79 Å². The van der Waals surface area contributed by atoms with Crippen molar-refractivity contribution in [1.29, 1.82) is 0 Å². The van der Waals surface area contributed by atoms with Gasteiger partial charge >= 0.3 is 0 Å². The molecule has 0 bridgehead atoms. The molecule has 0 aliphatic carbocycles. The van der Waals surface area contributed by atoms with Gasteiger partial charge in [-0.05, 0) is 42.7 Å². The number of carbonyl (C=O) groups is 1. The Morgan fingerprint density at radius 3 is 2.78 bits per heavy atom. The van der Waals surface area contributed by atoms with Gasteiger partial charge in [-0.2, -0.15) is 4.37 Å². The number of nitrogen functional groups attached to an aromatic ring is 1. The second kappa shape index (κ2) is 5.83. The van der Waals surface area contributed by atoms with Crippen LogP contribution in [0.4, 0.5) is 11.4 Å². The zero-order valence-electron chi connectivity index (χ0n) is 9.71. The van der Waals surface area contributed by atoms with Gasteiger partial charge in [0.1, 0.15) is 5.82 Å². The second-order valence-electron chi connectivity index (χ2n) is 3.57. The van der Waals surface area contributed by atoms with Gasteiger partial charge in [0.05, 0.1) is 5.75 Å². The van der Waals surface area contributed by atoms with E-state index in [1.165, 1.54) is 23.3 Å². The third kappa shape index (κ3) is 3.71. The van der Waals surface area contributed by atoms with E-state index in [1.807, 2.05) is 6.92 Å². The summed E-state index contributed by atoms with van der Waals surface area (Å²) in [6.07, 6.45) is 0. The fraction of sp³-hybridized carbons (Fsp3) is 0.182. The van der Waals surface area contributed by atoms with Gasteiger partial charge in [0.15, 0.2) is 4.34 Å². The van der Waals surface area contributed by atoms with Crippen LogP contribution < -0.4 is 11.1 Å². The van der Waals surface area contributed by atoms with E-state index in [2.05, 4.69) is 14.7 Å². The molecular formula is C11H12N4OS2. The number of aromatic nitrogens is 2. The summed E-state index contributed by atoms with van der Waals surface area (Å²) in [5.74, 6) is 0.984. The summed E-state index contributed by atoms with van der Waals surface area (Å²) in [5.41, 5.74) is 6.98. The number of rotatable bonds is 4. The number of carbonyl (C=O) groups excluding carboxylic acids is 1. The fourth-order valence-corrected chi connectivity index (χ4v) is 2.67. The van der Waals surface area contributed by atoms with Crippen molar-refractivity contribution in [1.82, 2.24) is 9.36 Å². The zero-order chi connectivity index (χ0) is 13.0. The van der Waals surface area contributed by atoms with Gasteiger partial charge in [0.2, 0.25) is 5.91 Å². The predicted molar refractivity (Wildman–Crippen MR) is 74.9 cm³/mol. The lowest BCUT2D eigenvalue weighted by molar-refractivity contribution is -0.113. The molecule has 7 heteroatoms. The van der Waals surface area contributed by atoms with Crippen LogP contribution in [0.2, 0.25) is 0 Å². The van der Waals surface area contributed by atoms with Crippen molar-refractivity contribution < 1.29 is 4.79 Å². The van der Waals surface area contributed by atoms with E-state index in [-0.39, 0.29) is 5.91 Å². The molecule has 0 fully saturated rings. The summed E-state index contributed by atoms with van der Waals surface area (Å²) in [6.45, 7) is 1.83. The van der Waals surface area contributed by atoms with Crippen LogP contribution in [0, 0.1) is 6.92 Å². The first kappa shape index (κ1) is 12.8. The summed E-state index contributed by atoms with van der Waals surface area (Å²) in [4.78, 5) is 15.8. The molecule has 1 aromatic carbocycles. The van der Waals surface area contributed by atoms with Crippen LogP contribution in [-0.2, 0) is 4.79 Å². The molecule has 0 aliphatic heterocycles. The van der Waals surface area contributed by atoms with Gasteiger partial charge in [-0.1, -0.05) is 11.8 Å². The summed E-state index contributed by atoms with van der Waals surface area (Å²) in [7, 11) is 0. The van der Waals surface area contributed by atoms with Crippen molar-refractivity contribution in [2.45, 2.75) is 11.3 Å². The number of nitrogens with one attached hydrogen (secondary N) is 1. The van der Waals surface area contributed by atoms with Crippen molar-refractivity contribution in [2.24, 2.45) is 0 Å². The number of benzene rings is 1. The summed E-state index contributed by atoms with van der Waals surface area (Å²) >= 11 is 2.69. The van der Waals surface area contributed by atoms with E-state index in [4.69, 9.17) is 5.73 Å². The third-order valence-corrected chi connectivity index (χ3v) is 3.96. The van der Waals surface area contributed by atoms with Crippen molar-refractivity contribution in [3.05, 3.63) is 30.1 Å². The van der Waals surface area contributed by atoms with Crippen molar-refractivity contribution in [2.75, 3.05) is 16.8 Å². The molecule has 0 saturated carbocycles. The normalized spacial score (nSPS) is 10.3. The van der Waals surface area contributed by atoms with E-state index in [0.717, 1.165) is 15.9 Å². The van der Waals surface area contributed by atoms with Crippen LogP contribution in [0.15, 0.2) is 28.6 Å². The number of amides is 1. The Labute approximate surface area is 113 Å². The molecule has 0 spiro atoms. The lowest BCUT2D eigenvalue weighted by atomic mass is 10.3. The van der Waals surface area contributed by atoms with E-state index < -0.39 is 0 Å². The maximum Gasteiger partial charge on any atom is 0.234 e. The van der Waals surface area contributed by atoms with Gasteiger partial charge < -0.3 is 11.1 Å². The van der Waals surface area contributed by atoms with E-state index >= 15 is 0 Å². The van der Waals surface area contributed by atoms with Crippen molar-refractivity contribution in [3.8, 4) is 0 Å². The second-order valence-corrected chi connectivity index (χ2v) is 5.54. The largest absolute Gasteiger partial charge is 0.399 e. The maximum absolute atomic E-state index is 11.7. The highest BCUT2D eigenvalue weighted by atomic mass is 32.2. The number of nitrogens with zero attached hydrogens (tertiary/aromatic N) is 2. The summed E-state index contributed by atoms with van der Waals surface area (Å²) < 4.78 is 4.86. The Kier molecular flexibility index (Phi) is 4.16. The average Bonchev–Trinajstić information content (AvgIpc) is 2.76. The maximum atomic E-state index is 11.7. The number of aryl methyl sites for hydroxylation is 1. The standard InChI is InChI=1S/C11H12N4OS2/c1-7-13-11(18-15-7)17-6-10(16)14-9-4-2-8(12)3-5-9/h2-5H,6,12H2,1H3,(H,14,16). The van der Waals surface area contributed by atoms with Gasteiger partial charge in [-0.15, -0.1) is 0 Å². The van der Waals surface area contributed by atoms with Gasteiger partial charge in [0.25, 0.3) is 0 Å². The molecule has 0 saturated heterocycles. The number of thioether (sulfide) groups is 1. The van der Waals surface area contributed by atoms with Gasteiger partial charge in [-0.3, -0.25) is 4.79 Å². The quantitative estimate of drug-likeness (QED) is 0.662. The van der Waals surface area contributed by atoms with Crippen LogP contribution >= 0.6 is 23.3 Å². The zero-order valence-corrected chi connectivity index (χ0v) is 11.3. The van der Waals surface area contributed by atoms with Crippen LogP contribution in [0.3, 0.4) is 0 Å². The molecule has 3 N–H and O–H groups in total. The minimum atomic E-state index is -0.0716. The number of hydrogen-bond donors (Lipinski definition) is 2. The Morgan fingerprint density at radius 1 is 1.44 bits per heavy atom.